The Balaban J connectivity index is 2.31. The van der Waals surface area contributed by atoms with Gasteiger partial charge in [0.05, 0.1) is 35.5 Å². The van der Waals surface area contributed by atoms with Gasteiger partial charge in [-0.25, -0.2) is 0 Å². The van der Waals surface area contributed by atoms with Crippen LogP contribution in [0.3, 0.4) is 0 Å². The van der Waals surface area contributed by atoms with Crippen LogP contribution in [0.2, 0.25) is 5.02 Å². The lowest BCUT2D eigenvalue weighted by Gasteiger charge is -2.07. The zero-order chi connectivity index (χ0) is 14.0. The predicted molar refractivity (Wildman–Crippen MR) is 74.0 cm³/mol. The highest BCUT2D eigenvalue weighted by Crippen LogP contribution is 2.24. The minimum atomic E-state index is -0.0395. The molecular formula is C14H15ClN2O2. The molecule has 2 rings (SSSR count). The summed E-state index contributed by atoms with van der Waals surface area (Å²) in [4.78, 5) is 12.3. The lowest BCUT2D eigenvalue weighted by atomic mass is 10.1. The molecule has 100 valence electrons. The molecule has 0 fully saturated rings. The Hall–Kier alpha value is -1.81. The van der Waals surface area contributed by atoms with Crippen LogP contribution in [0.4, 0.5) is 0 Å². The van der Waals surface area contributed by atoms with E-state index >= 15 is 0 Å². The van der Waals surface area contributed by atoms with Crippen LogP contribution < -0.4 is 4.74 Å². The van der Waals surface area contributed by atoms with Crippen molar-refractivity contribution in [2.75, 3.05) is 7.11 Å². The van der Waals surface area contributed by atoms with E-state index in [0.717, 1.165) is 11.4 Å². The molecule has 1 aromatic heterocycles. The monoisotopic (exact) mass is 278 g/mol. The van der Waals surface area contributed by atoms with Crippen LogP contribution in [0.5, 0.6) is 5.75 Å². The smallest absolute Gasteiger partial charge is 0.172 e. The molecule has 0 aliphatic heterocycles. The van der Waals surface area contributed by atoms with Crippen molar-refractivity contribution in [1.29, 1.82) is 0 Å². The first kappa shape index (κ1) is 13.6. The number of aryl methyl sites for hydroxylation is 2. The first-order valence-corrected chi connectivity index (χ1v) is 6.26. The maximum absolute atomic E-state index is 12.3. The van der Waals surface area contributed by atoms with E-state index in [9.17, 15) is 4.79 Å². The summed E-state index contributed by atoms with van der Waals surface area (Å²) < 4.78 is 6.84. The molecule has 0 N–H and O–H groups in total. The van der Waals surface area contributed by atoms with E-state index in [4.69, 9.17) is 16.3 Å². The largest absolute Gasteiger partial charge is 0.496 e. The molecule has 1 aromatic carbocycles. The van der Waals surface area contributed by atoms with Crippen LogP contribution in [-0.2, 0) is 13.5 Å². The van der Waals surface area contributed by atoms with Gasteiger partial charge in [0.15, 0.2) is 5.78 Å². The average molecular weight is 279 g/mol. The van der Waals surface area contributed by atoms with E-state index < -0.39 is 0 Å². The second kappa shape index (κ2) is 5.45. The Morgan fingerprint density at radius 1 is 1.42 bits per heavy atom. The molecule has 0 saturated heterocycles. The maximum atomic E-state index is 12.3. The van der Waals surface area contributed by atoms with Crippen molar-refractivity contribution < 1.29 is 9.53 Å². The highest BCUT2D eigenvalue weighted by atomic mass is 35.5. The van der Waals surface area contributed by atoms with Crippen LogP contribution in [-0.4, -0.2) is 22.7 Å². The summed E-state index contributed by atoms with van der Waals surface area (Å²) in [6, 6.07) is 7.16. The summed E-state index contributed by atoms with van der Waals surface area (Å²) in [6.45, 7) is 1.82. The zero-order valence-electron chi connectivity index (χ0n) is 11.1. The second-order valence-electron chi connectivity index (χ2n) is 4.27. The summed E-state index contributed by atoms with van der Waals surface area (Å²) >= 11 is 6.15. The van der Waals surface area contributed by atoms with Gasteiger partial charge < -0.3 is 4.74 Å². The van der Waals surface area contributed by atoms with Gasteiger partial charge in [0.25, 0.3) is 0 Å². The van der Waals surface area contributed by atoms with Gasteiger partial charge in [-0.15, -0.1) is 0 Å². The number of benzene rings is 1. The Kier molecular flexibility index (Phi) is 3.90. The van der Waals surface area contributed by atoms with Gasteiger partial charge in [0, 0.05) is 7.05 Å². The molecule has 0 aliphatic rings. The zero-order valence-corrected chi connectivity index (χ0v) is 11.9. The Morgan fingerprint density at radius 3 is 2.68 bits per heavy atom. The van der Waals surface area contributed by atoms with Gasteiger partial charge in [-0.3, -0.25) is 9.48 Å². The Bertz CT molecular complexity index is 620. The van der Waals surface area contributed by atoms with Crippen LogP contribution in [0, 0.1) is 6.92 Å². The number of methoxy groups -OCH3 is 1. The molecule has 2 aromatic rings. The van der Waals surface area contributed by atoms with Crippen LogP contribution in [0.25, 0.3) is 0 Å². The summed E-state index contributed by atoms with van der Waals surface area (Å²) in [6.07, 6.45) is 0.205. The highest BCUT2D eigenvalue weighted by Gasteiger charge is 2.18. The average Bonchev–Trinajstić information content (AvgIpc) is 2.65. The lowest BCUT2D eigenvalue weighted by molar-refractivity contribution is 0.0988. The molecule has 0 bridgehead atoms. The molecule has 4 nitrogen and oxygen atoms in total. The second-order valence-corrected chi connectivity index (χ2v) is 4.65. The van der Waals surface area contributed by atoms with E-state index in [2.05, 4.69) is 5.10 Å². The number of halogens is 1. The molecule has 0 atom stereocenters. The van der Waals surface area contributed by atoms with Crippen molar-refractivity contribution in [3.8, 4) is 5.75 Å². The number of rotatable bonds is 4. The van der Waals surface area contributed by atoms with Crippen molar-refractivity contribution in [3.63, 3.8) is 0 Å². The van der Waals surface area contributed by atoms with E-state index in [1.807, 2.05) is 19.1 Å². The summed E-state index contributed by atoms with van der Waals surface area (Å²) in [5, 5.41) is 4.75. The standard InChI is InChI=1S/C14H15ClN2O2/c1-9-14(15)11(17(2)16-9)8-12(18)10-6-4-5-7-13(10)19-3/h4-7H,8H2,1-3H3. The number of carbonyl (C=O) groups is 1. The molecule has 0 saturated carbocycles. The fraction of sp³-hybridized carbons (Fsp3) is 0.286. The minimum absolute atomic E-state index is 0.0395. The fourth-order valence-electron chi connectivity index (χ4n) is 1.99. The summed E-state index contributed by atoms with van der Waals surface area (Å²) in [5.74, 6) is 0.532. The summed E-state index contributed by atoms with van der Waals surface area (Å²) in [7, 11) is 3.33. The number of hydrogen-bond acceptors (Lipinski definition) is 3. The van der Waals surface area contributed by atoms with Crippen LogP contribution in [0.15, 0.2) is 24.3 Å². The quantitative estimate of drug-likeness (QED) is 0.808. The fourth-order valence-corrected chi connectivity index (χ4v) is 2.22. The first-order chi connectivity index (χ1) is 9.04. The first-order valence-electron chi connectivity index (χ1n) is 5.88. The summed E-state index contributed by atoms with van der Waals surface area (Å²) in [5.41, 5.74) is 2.00. The lowest BCUT2D eigenvalue weighted by Crippen LogP contribution is -2.09. The van der Waals surface area contributed by atoms with E-state index in [-0.39, 0.29) is 12.2 Å². The number of nitrogens with zero attached hydrogens (tertiary/aromatic N) is 2. The molecule has 0 spiro atoms. The number of carbonyl (C=O) groups excluding carboxylic acids is 1. The van der Waals surface area contributed by atoms with Crippen molar-refractivity contribution in [2.45, 2.75) is 13.3 Å². The van der Waals surface area contributed by atoms with Gasteiger partial charge >= 0.3 is 0 Å². The Labute approximate surface area is 116 Å². The number of Topliss-reactive ketones (excluding diaryl/α,β-unsaturated/α-hetero) is 1. The van der Waals surface area contributed by atoms with E-state index in [1.54, 1.807) is 31.0 Å². The van der Waals surface area contributed by atoms with Gasteiger partial charge in [0.1, 0.15) is 5.75 Å². The van der Waals surface area contributed by atoms with Gasteiger partial charge in [-0.2, -0.15) is 5.10 Å². The molecule has 0 aliphatic carbocycles. The normalized spacial score (nSPS) is 10.5. The van der Waals surface area contributed by atoms with Crippen molar-refractivity contribution in [3.05, 3.63) is 46.2 Å². The van der Waals surface area contributed by atoms with Crippen LogP contribution >= 0.6 is 11.6 Å². The third kappa shape index (κ3) is 2.63. The highest BCUT2D eigenvalue weighted by molar-refractivity contribution is 6.32. The number of ketones is 1. The topological polar surface area (TPSA) is 44.1 Å². The van der Waals surface area contributed by atoms with Crippen molar-refractivity contribution in [1.82, 2.24) is 9.78 Å². The Morgan fingerprint density at radius 2 is 2.11 bits per heavy atom. The number of aromatic nitrogens is 2. The van der Waals surface area contributed by atoms with Crippen molar-refractivity contribution >= 4 is 17.4 Å². The number of hydrogen-bond donors (Lipinski definition) is 0. The van der Waals surface area contributed by atoms with Crippen LogP contribution in [0.1, 0.15) is 21.7 Å². The van der Waals surface area contributed by atoms with Gasteiger partial charge in [0.2, 0.25) is 0 Å². The molecule has 19 heavy (non-hydrogen) atoms. The third-order valence-corrected chi connectivity index (χ3v) is 3.49. The molecule has 0 radical (unpaired) electrons. The van der Waals surface area contributed by atoms with Gasteiger partial charge in [-0.1, -0.05) is 23.7 Å². The number of para-hydroxylation sites is 1. The van der Waals surface area contributed by atoms with E-state index in [0.29, 0.717) is 16.3 Å². The maximum Gasteiger partial charge on any atom is 0.172 e. The molecule has 0 unspecified atom stereocenters. The van der Waals surface area contributed by atoms with E-state index in [1.165, 1.54) is 0 Å². The minimum Gasteiger partial charge on any atom is -0.496 e. The molecule has 1 heterocycles. The molecule has 0 amide bonds. The van der Waals surface area contributed by atoms with Crippen molar-refractivity contribution in [2.24, 2.45) is 7.05 Å². The predicted octanol–water partition coefficient (Wildman–Crippen LogP) is 2.82. The van der Waals surface area contributed by atoms with Gasteiger partial charge in [-0.05, 0) is 19.1 Å². The molecule has 5 heteroatoms. The SMILES string of the molecule is COc1ccccc1C(=O)Cc1c(Cl)c(C)nn1C. The molecular weight excluding hydrogens is 264 g/mol. The third-order valence-electron chi connectivity index (χ3n) is 3.00. The number of ether oxygens (including phenoxy) is 1.